The van der Waals surface area contributed by atoms with Crippen molar-refractivity contribution in [3.05, 3.63) is 23.8 Å². The van der Waals surface area contributed by atoms with Gasteiger partial charge in [-0.2, -0.15) is 13.2 Å². The van der Waals surface area contributed by atoms with E-state index in [0.29, 0.717) is 0 Å². The fourth-order valence-corrected chi connectivity index (χ4v) is 1.37. The molecule has 0 atom stereocenters. The number of alkyl halides is 3. The number of amides is 1. The minimum Gasteiger partial charge on any atom is -0.376 e. The molecule has 98 valence electrons. The number of hydrogen-bond donors (Lipinski definition) is 3. The number of thiocarbonyl (C=S) groups is 1. The molecule has 0 aliphatic carbocycles. The van der Waals surface area contributed by atoms with Gasteiger partial charge in [-0.05, 0) is 30.4 Å². The Balaban J connectivity index is 3.20. The van der Waals surface area contributed by atoms with Crippen LogP contribution < -0.4 is 16.4 Å². The van der Waals surface area contributed by atoms with Crippen LogP contribution >= 0.6 is 12.2 Å². The molecule has 8 heteroatoms. The maximum absolute atomic E-state index is 12.5. The Hall–Kier alpha value is -1.83. The lowest BCUT2D eigenvalue weighted by molar-refractivity contribution is -0.137. The minimum atomic E-state index is -4.48. The van der Waals surface area contributed by atoms with Gasteiger partial charge in [-0.1, -0.05) is 0 Å². The number of rotatable bonds is 2. The Bertz CT molecular complexity index is 488. The molecule has 0 spiro atoms. The molecule has 0 unspecified atom stereocenters. The van der Waals surface area contributed by atoms with Gasteiger partial charge in [-0.15, -0.1) is 0 Å². The minimum absolute atomic E-state index is 0.00692. The van der Waals surface area contributed by atoms with Crippen molar-refractivity contribution in [2.75, 3.05) is 10.6 Å². The molecule has 1 aromatic carbocycles. The molecule has 1 rings (SSSR count). The second-order valence-electron chi connectivity index (χ2n) is 3.43. The second kappa shape index (κ2) is 5.21. The average Bonchev–Trinajstić information content (AvgIpc) is 2.17. The van der Waals surface area contributed by atoms with Gasteiger partial charge in [0.05, 0.1) is 16.9 Å². The third kappa shape index (κ3) is 3.88. The first-order valence-corrected chi connectivity index (χ1v) is 5.16. The molecule has 0 aliphatic rings. The summed E-state index contributed by atoms with van der Waals surface area (Å²) in [6.07, 6.45) is -4.48. The van der Waals surface area contributed by atoms with Crippen LogP contribution in [0.5, 0.6) is 0 Å². The summed E-state index contributed by atoms with van der Waals surface area (Å²) >= 11 is 4.56. The summed E-state index contributed by atoms with van der Waals surface area (Å²) in [5.41, 5.74) is 4.51. The van der Waals surface area contributed by atoms with Gasteiger partial charge < -0.3 is 16.4 Å². The molecule has 0 fully saturated rings. The topological polar surface area (TPSA) is 67.2 Å². The number of hydrogen-bond acceptors (Lipinski definition) is 2. The summed E-state index contributed by atoms with van der Waals surface area (Å²) in [5.74, 6) is -0.416. The van der Waals surface area contributed by atoms with Gasteiger partial charge in [-0.3, -0.25) is 4.79 Å². The molecule has 4 N–H and O–H groups in total. The van der Waals surface area contributed by atoms with Gasteiger partial charge in [0.1, 0.15) is 0 Å². The van der Waals surface area contributed by atoms with E-state index in [1.807, 2.05) is 0 Å². The monoisotopic (exact) mass is 277 g/mol. The maximum atomic E-state index is 12.5. The summed E-state index contributed by atoms with van der Waals surface area (Å²) in [6.45, 7) is 1.24. The van der Waals surface area contributed by atoms with Crippen LogP contribution in [-0.4, -0.2) is 11.0 Å². The van der Waals surface area contributed by atoms with E-state index < -0.39 is 17.6 Å². The first-order valence-electron chi connectivity index (χ1n) is 4.75. The third-order valence-electron chi connectivity index (χ3n) is 1.92. The van der Waals surface area contributed by atoms with Gasteiger partial charge in [0, 0.05) is 6.92 Å². The zero-order chi connectivity index (χ0) is 13.9. The molecule has 0 aromatic heterocycles. The van der Waals surface area contributed by atoms with Gasteiger partial charge in [-0.25, -0.2) is 0 Å². The molecule has 0 aliphatic heterocycles. The van der Waals surface area contributed by atoms with Gasteiger partial charge >= 0.3 is 6.18 Å². The van der Waals surface area contributed by atoms with Crippen molar-refractivity contribution < 1.29 is 18.0 Å². The number of anilines is 2. The standard InChI is InChI=1S/C10H10F3N3OS/c1-5(17)15-7-3-2-6(10(11,12)13)4-8(7)16-9(14)18/h2-4H,1H3,(H,15,17)(H3,14,16,18). The number of carbonyl (C=O) groups excluding carboxylic acids is 1. The third-order valence-corrected chi connectivity index (χ3v) is 2.02. The normalized spacial score (nSPS) is 10.9. The molecule has 0 radical (unpaired) electrons. The Morgan fingerprint density at radius 2 is 1.89 bits per heavy atom. The molecule has 18 heavy (non-hydrogen) atoms. The quantitative estimate of drug-likeness (QED) is 0.726. The van der Waals surface area contributed by atoms with Crippen LogP contribution in [0.1, 0.15) is 12.5 Å². The van der Waals surface area contributed by atoms with Crippen molar-refractivity contribution in [2.24, 2.45) is 5.73 Å². The molecule has 0 bridgehead atoms. The van der Waals surface area contributed by atoms with Gasteiger partial charge in [0.15, 0.2) is 5.11 Å². The van der Waals surface area contributed by atoms with E-state index in [0.717, 1.165) is 18.2 Å². The van der Waals surface area contributed by atoms with E-state index in [2.05, 4.69) is 22.9 Å². The zero-order valence-corrected chi connectivity index (χ0v) is 10.1. The van der Waals surface area contributed by atoms with Crippen molar-refractivity contribution in [3.63, 3.8) is 0 Å². The number of nitrogens with one attached hydrogen (secondary N) is 2. The lowest BCUT2D eigenvalue weighted by Crippen LogP contribution is -2.21. The number of carbonyl (C=O) groups is 1. The molecule has 1 aromatic rings. The smallest absolute Gasteiger partial charge is 0.376 e. The molecular formula is C10H10F3N3OS. The van der Waals surface area contributed by atoms with E-state index in [-0.39, 0.29) is 16.5 Å². The fourth-order valence-electron chi connectivity index (χ4n) is 1.26. The first-order chi connectivity index (χ1) is 8.20. The van der Waals surface area contributed by atoms with Crippen LogP contribution in [0.2, 0.25) is 0 Å². The summed E-state index contributed by atoms with van der Waals surface area (Å²) < 4.78 is 37.6. The lowest BCUT2D eigenvalue weighted by Gasteiger charge is -2.14. The van der Waals surface area contributed by atoms with E-state index in [9.17, 15) is 18.0 Å². The van der Waals surface area contributed by atoms with Crippen molar-refractivity contribution in [3.8, 4) is 0 Å². The highest BCUT2D eigenvalue weighted by molar-refractivity contribution is 7.80. The fraction of sp³-hybridized carbons (Fsp3) is 0.200. The molecule has 1 amide bonds. The molecule has 4 nitrogen and oxygen atoms in total. The van der Waals surface area contributed by atoms with E-state index in [4.69, 9.17) is 5.73 Å². The number of nitrogens with two attached hydrogens (primary N) is 1. The summed E-state index contributed by atoms with van der Waals surface area (Å²) in [5, 5.41) is 4.57. The predicted octanol–water partition coefficient (Wildman–Crippen LogP) is 2.32. The van der Waals surface area contributed by atoms with Crippen molar-refractivity contribution in [2.45, 2.75) is 13.1 Å². The highest BCUT2D eigenvalue weighted by Gasteiger charge is 2.31. The van der Waals surface area contributed by atoms with Crippen LogP contribution in [0.25, 0.3) is 0 Å². The summed E-state index contributed by atoms with van der Waals surface area (Å²) in [6, 6.07) is 2.81. The average molecular weight is 277 g/mol. The van der Waals surface area contributed by atoms with Crippen molar-refractivity contribution in [1.82, 2.24) is 0 Å². The highest BCUT2D eigenvalue weighted by Crippen LogP contribution is 2.33. The van der Waals surface area contributed by atoms with E-state index >= 15 is 0 Å². The Labute approximate surface area is 106 Å². The lowest BCUT2D eigenvalue weighted by atomic mass is 10.1. The van der Waals surface area contributed by atoms with Crippen LogP contribution in [0.15, 0.2) is 18.2 Å². The predicted molar refractivity (Wildman–Crippen MR) is 66.2 cm³/mol. The Morgan fingerprint density at radius 3 is 2.33 bits per heavy atom. The van der Waals surface area contributed by atoms with E-state index in [1.165, 1.54) is 6.92 Å². The van der Waals surface area contributed by atoms with Crippen LogP contribution in [0.3, 0.4) is 0 Å². The van der Waals surface area contributed by atoms with Crippen LogP contribution in [0, 0.1) is 0 Å². The largest absolute Gasteiger partial charge is 0.416 e. The maximum Gasteiger partial charge on any atom is 0.416 e. The van der Waals surface area contributed by atoms with E-state index in [1.54, 1.807) is 0 Å². The molecule has 0 saturated heterocycles. The zero-order valence-electron chi connectivity index (χ0n) is 9.26. The highest BCUT2D eigenvalue weighted by atomic mass is 32.1. The summed E-state index contributed by atoms with van der Waals surface area (Å²) in [4.78, 5) is 10.9. The van der Waals surface area contributed by atoms with Crippen LogP contribution in [0.4, 0.5) is 24.5 Å². The van der Waals surface area contributed by atoms with Crippen molar-refractivity contribution >= 4 is 34.6 Å². The van der Waals surface area contributed by atoms with Gasteiger partial charge in [0.25, 0.3) is 0 Å². The molecule has 0 saturated carbocycles. The van der Waals surface area contributed by atoms with Crippen molar-refractivity contribution in [1.29, 1.82) is 0 Å². The molecule has 0 heterocycles. The van der Waals surface area contributed by atoms with Crippen LogP contribution in [-0.2, 0) is 11.0 Å². The number of benzene rings is 1. The Morgan fingerprint density at radius 1 is 1.28 bits per heavy atom. The Kier molecular flexibility index (Phi) is 4.12. The first kappa shape index (κ1) is 14.2. The number of halogens is 3. The summed E-state index contributed by atoms with van der Waals surface area (Å²) in [7, 11) is 0. The molecular weight excluding hydrogens is 267 g/mol. The van der Waals surface area contributed by atoms with Gasteiger partial charge in [0.2, 0.25) is 5.91 Å². The second-order valence-corrected chi connectivity index (χ2v) is 3.87. The SMILES string of the molecule is CC(=O)Nc1ccc(C(F)(F)F)cc1NC(N)=S.